The number of ether oxygens (including phenoxy) is 1. The van der Waals surface area contributed by atoms with E-state index in [1.54, 1.807) is 0 Å². The second-order valence-electron chi connectivity index (χ2n) is 4.31. The molecule has 21 heavy (non-hydrogen) atoms. The summed E-state index contributed by atoms with van der Waals surface area (Å²) in [5.74, 6) is -1.55. The van der Waals surface area contributed by atoms with Crippen LogP contribution in [0.4, 0.5) is 13.2 Å². The van der Waals surface area contributed by atoms with Gasteiger partial charge in [-0.15, -0.1) is 0 Å². The Morgan fingerprint density at radius 1 is 1.33 bits per heavy atom. The van der Waals surface area contributed by atoms with Gasteiger partial charge in [-0.1, -0.05) is 18.2 Å². The number of carbonyl (C=O) groups excluding carboxylic acids is 2. The number of nitrogens with two attached hydrogens (primary N) is 1. The van der Waals surface area contributed by atoms with Crippen molar-refractivity contribution in [2.75, 3.05) is 13.7 Å². The number of hydrogen-bond acceptors (Lipinski definition) is 3. The van der Waals surface area contributed by atoms with Crippen LogP contribution in [0.5, 0.6) is 0 Å². The highest BCUT2D eigenvalue weighted by Gasteiger charge is 2.34. The largest absolute Gasteiger partial charge is 0.416 e. The lowest BCUT2D eigenvalue weighted by molar-refractivity contribution is -0.138. The summed E-state index contributed by atoms with van der Waals surface area (Å²) in [7, 11) is 1.28. The quantitative estimate of drug-likeness (QED) is 0.818. The van der Waals surface area contributed by atoms with E-state index in [2.05, 4.69) is 10.1 Å². The molecule has 2 amide bonds. The standard InChI is InChI=1S/C13H15F3N2O3/c1-21-7-11(19)18-10(12(17)20)6-8-4-2-3-5-9(8)13(14,15)16/h2-5,10H,6-7H2,1H3,(H2,17,20)(H,18,19)/t10-/m0/s1. The van der Waals surface area contributed by atoms with Gasteiger partial charge in [-0.3, -0.25) is 9.59 Å². The van der Waals surface area contributed by atoms with Crippen molar-refractivity contribution in [2.24, 2.45) is 5.73 Å². The fourth-order valence-electron chi connectivity index (χ4n) is 1.78. The minimum Gasteiger partial charge on any atom is -0.375 e. The van der Waals surface area contributed by atoms with Gasteiger partial charge in [0.2, 0.25) is 11.8 Å². The predicted octanol–water partition coefficient (Wildman–Crippen LogP) is 0.864. The van der Waals surface area contributed by atoms with Gasteiger partial charge in [0.1, 0.15) is 12.6 Å². The van der Waals surface area contributed by atoms with Crippen LogP contribution in [0.3, 0.4) is 0 Å². The fourth-order valence-corrected chi connectivity index (χ4v) is 1.78. The van der Waals surface area contributed by atoms with E-state index < -0.39 is 29.6 Å². The number of amides is 2. The number of nitrogens with one attached hydrogen (secondary N) is 1. The Morgan fingerprint density at radius 3 is 2.48 bits per heavy atom. The molecule has 3 N–H and O–H groups in total. The molecule has 0 heterocycles. The first-order valence-corrected chi connectivity index (χ1v) is 5.98. The minimum absolute atomic E-state index is 0.119. The van der Waals surface area contributed by atoms with Crippen LogP contribution in [0.15, 0.2) is 24.3 Å². The predicted molar refractivity (Wildman–Crippen MR) is 68.1 cm³/mol. The monoisotopic (exact) mass is 304 g/mol. The molecule has 0 aliphatic heterocycles. The van der Waals surface area contributed by atoms with E-state index in [0.29, 0.717) is 0 Å². The number of carbonyl (C=O) groups is 2. The summed E-state index contributed by atoms with van der Waals surface area (Å²) in [6.07, 6.45) is -4.89. The lowest BCUT2D eigenvalue weighted by Gasteiger charge is -2.18. The molecule has 0 saturated carbocycles. The maximum atomic E-state index is 12.9. The molecule has 5 nitrogen and oxygen atoms in total. The molecule has 0 radical (unpaired) electrons. The van der Waals surface area contributed by atoms with Crippen LogP contribution in [-0.4, -0.2) is 31.6 Å². The highest BCUT2D eigenvalue weighted by atomic mass is 19.4. The van der Waals surface area contributed by atoms with Crippen LogP contribution >= 0.6 is 0 Å². The van der Waals surface area contributed by atoms with Crippen molar-refractivity contribution >= 4 is 11.8 Å². The first-order chi connectivity index (χ1) is 9.75. The zero-order valence-electron chi connectivity index (χ0n) is 11.2. The van der Waals surface area contributed by atoms with Crippen molar-refractivity contribution in [1.82, 2.24) is 5.32 Å². The zero-order valence-corrected chi connectivity index (χ0v) is 11.2. The van der Waals surface area contributed by atoms with Crippen molar-refractivity contribution in [3.63, 3.8) is 0 Å². The molecule has 1 aromatic carbocycles. The zero-order chi connectivity index (χ0) is 16.0. The SMILES string of the molecule is COCC(=O)N[C@@H](Cc1ccccc1C(F)(F)F)C(N)=O. The van der Waals surface area contributed by atoms with Crippen LogP contribution in [-0.2, 0) is 26.9 Å². The molecule has 0 saturated heterocycles. The number of hydrogen-bond donors (Lipinski definition) is 2. The first kappa shape index (κ1) is 17.0. The van der Waals surface area contributed by atoms with Gasteiger partial charge in [0.25, 0.3) is 0 Å². The average molecular weight is 304 g/mol. The van der Waals surface area contributed by atoms with E-state index in [9.17, 15) is 22.8 Å². The summed E-state index contributed by atoms with van der Waals surface area (Å²) in [5.41, 5.74) is 4.13. The second kappa shape index (κ2) is 7.07. The van der Waals surface area contributed by atoms with Crippen LogP contribution in [0, 0.1) is 0 Å². The van der Waals surface area contributed by atoms with Crippen molar-refractivity contribution in [3.05, 3.63) is 35.4 Å². The third kappa shape index (κ3) is 5.07. The molecule has 0 aromatic heterocycles. The molecule has 0 spiro atoms. The smallest absolute Gasteiger partial charge is 0.375 e. The van der Waals surface area contributed by atoms with Crippen LogP contribution in [0.1, 0.15) is 11.1 Å². The van der Waals surface area contributed by atoms with Crippen LogP contribution < -0.4 is 11.1 Å². The van der Waals surface area contributed by atoms with Crippen LogP contribution in [0.25, 0.3) is 0 Å². The highest BCUT2D eigenvalue weighted by Crippen LogP contribution is 2.32. The normalized spacial score (nSPS) is 12.8. The van der Waals surface area contributed by atoms with E-state index in [0.717, 1.165) is 6.07 Å². The van der Waals surface area contributed by atoms with Crippen molar-refractivity contribution < 1.29 is 27.5 Å². The molecule has 0 bridgehead atoms. The molecule has 1 aromatic rings. The molecule has 0 fully saturated rings. The molecule has 1 rings (SSSR count). The third-order valence-corrected chi connectivity index (χ3v) is 2.70. The first-order valence-electron chi connectivity index (χ1n) is 5.98. The van der Waals surface area contributed by atoms with E-state index in [4.69, 9.17) is 5.73 Å². The molecular formula is C13H15F3N2O3. The molecule has 0 aliphatic rings. The lowest BCUT2D eigenvalue weighted by atomic mass is 9.99. The van der Waals surface area contributed by atoms with Gasteiger partial charge in [0, 0.05) is 13.5 Å². The highest BCUT2D eigenvalue weighted by molar-refractivity contribution is 5.87. The van der Waals surface area contributed by atoms with Gasteiger partial charge in [0.05, 0.1) is 5.56 Å². The molecule has 0 unspecified atom stereocenters. The van der Waals surface area contributed by atoms with E-state index in [1.165, 1.54) is 25.3 Å². The lowest BCUT2D eigenvalue weighted by Crippen LogP contribution is -2.47. The summed E-state index contributed by atoms with van der Waals surface area (Å²) in [6.45, 7) is -0.315. The molecular weight excluding hydrogens is 289 g/mol. The van der Waals surface area contributed by atoms with Crippen LogP contribution in [0.2, 0.25) is 0 Å². The van der Waals surface area contributed by atoms with Crippen molar-refractivity contribution in [2.45, 2.75) is 18.6 Å². The van der Waals surface area contributed by atoms with Gasteiger partial charge in [-0.25, -0.2) is 0 Å². The number of benzene rings is 1. The Balaban J connectivity index is 2.95. The summed E-state index contributed by atoms with van der Waals surface area (Å²) in [4.78, 5) is 22.7. The fraction of sp³-hybridized carbons (Fsp3) is 0.385. The number of methoxy groups -OCH3 is 1. The number of primary amides is 1. The van der Waals surface area contributed by atoms with Gasteiger partial charge in [0.15, 0.2) is 0 Å². The van der Waals surface area contributed by atoms with Gasteiger partial charge in [-0.2, -0.15) is 13.2 Å². The van der Waals surface area contributed by atoms with Gasteiger partial charge >= 0.3 is 6.18 Å². The van der Waals surface area contributed by atoms with Crippen molar-refractivity contribution in [1.29, 1.82) is 0 Å². The summed E-state index contributed by atoms with van der Waals surface area (Å²) in [6, 6.07) is 3.57. The Morgan fingerprint density at radius 2 is 1.95 bits per heavy atom. The molecule has 0 aliphatic carbocycles. The van der Waals surface area contributed by atoms with Gasteiger partial charge in [-0.05, 0) is 11.6 Å². The molecule has 1 atom stereocenters. The topological polar surface area (TPSA) is 81.4 Å². The molecule has 116 valence electrons. The number of alkyl halides is 3. The second-order valence-corrected chi connectivity index (χ2v) is 4.31. The molecule has 8 heteroatoms. The Kier molecular flexibility index (Phi) is 5.71. The third-order valence-electron chi connectivity index (χ3n) is 2.70. The Hall–Kier alpha value is -2.09. The van der Waals surface area contributed by atoms with E-state index >= 15 is 0 Å². The number of rotatable bonds is 6. The Bertz CT molecular complexity index is 518. The Labute approximate surface area is 119 Å². The number of halogens is 3. The average Bonchev–Trinajstić information content (AvgIpc) is 2.37. The van der Waals surface area contributed by atoms with E-state index in [1.807, 2.05) is 0 Å². The summed E-state index contributed by atoms with van der Waals surface area (Å²) < 4.78 is 43.1. The minimum atomic E-state index is -4.55. The van der Waals surface area contributed by atoms with Gasteiger partial charge < -0.3 is 15.8 Å². The summed E-state index contributed by atoms with van der Waals surface area (Å²) in [5, 5.41) is 2.24. The van der Waals surface area contributed by atoms with E-state index in [-0.39, 0.29) is 18.6 Å². The van der Waals surface area contributed by atoms with Crippen molar-refractivity contribution in [3.8, 4) is 0 Å². The maximum absolute atomic E-state index is 12.9. The summed E-state index contributed by atoms with van der Waals surface area (Å²) >= 11 is 0. The maximum Gasteiger partial charge on any atom is 0.416 e.